The number of benzene rings is 1. The maximum atomic E-state index is 12.8. The summed E-state index contributed by atoms with van der Waals surface area (Å²) in [5.74, 6) is 0.231. The number of hydrogen-bond donors (Lipinski definition) is 2. The van der Waals surface area contributed by atoms with E-state index in [2.05, 4.69) is 4.98 Å². The summed E-state index contributed by atoms with van der Waals surface area (Å²) in [7, 11) is -2.96. The summed E-state index contributed by atoms with van der Waals surface area (Å²) in [5, 5.41) is 19.7. The normalized spacial score (nSPS) is 22.2. The van der Waals surface area contributed by atoms with Gasteiger partial charge in [-0.2, -0.15) is 0 Å². The highest BCUT2D eigenvalue weighted by molar-refractivity contribution is 7.92. The number of aromatic hydroxyl groups is 1. The molecule has 1 fully saturated rings. The lowest BCUT2D eigenvalue weighted by molar-refractivity contribution is 0.167. The van der Waals surface area contributed by atoms with Crippen molar-refractivity contribution < 1.29 is 27.9 Å². The van der Waals surface area contributed by atoms with Crippen LogP contribution in [0.4, 0.5) is 0 Å². The number of rotatable bonds is 7. The molecule has 9 heteroatoms. The third kappa shape index (κ3) is 5.12. The van der Waals surface area contributed by atoms with Gasteiger partial charge in [-0.25, -0.2) is 8.42 Å². The molecule has 2 aromatic rings. The Hall–Kier alpha value is -2.46. The quantitative estimate of drug-likeness (QED) is 0.460. The molecular weight excluding hydrogens is 453 g/mol. The Bertz CT molecular complexity index is 1200. The standard InChI is InChI=1S/C25H30BNO6S/c1-16-10-18(11-17(2)25(16)28)12-19(21-6-4-5-9-27-21)7-8-22-24-20(14-32-3)15-34(30,31)23(24)13-26(29)33-22/h4-6,9-12,22-23,28-29H,7-8,13-15H2,1-3H3/b19-12-/t22-,23+/m1/s1. The van der Waals surface area contributed by atoms with Gasteiger partial charge in [0.2, 0.25) is 0 Å². The van der Waals surface area contributed by atoms with Crippen LogP contribution < -0.4 is 0 Å². The zero-order chi connectivity index (χ0) is 24.5. The second-order valence-electron chi connectivity index (χ2n) is 9.03. The second-order valence-corrected chi connectivity index (χ2v) is 11.2. The third-order valence-corrected chi connectivity index (χ3v) is 8.55. The molecule has 2 atom stereocenters. The van der Waals surface area contributed by atoms with E-state index in [-0.39, 0.29) is 24.4 Å². The van der Waals surface area contributed by atoms with Crippen LogP contribution in [0.2, 0.25) is 6.32 Å². The molecule has 3 heterocycles. The van der Waals surface area contributed by atoms with Crippen molar-refractivity contribution in [3.63, 3.8) is 0 Å². The van der Waals surface area contributed by atoms with Crippen LogP contribution in [0.1, 0.15) is 35.2 Å². The fourth-order valence-electron chi connectivity index (χ4n) is 4.97. The Morgan fingerprint density at radius 2 is 2.03 bits per heavy atom. The molecule has 0 unspecified atom stereocenters. The number of phenolic OH excluding ortho intramolecular Hbond substituents is 1. The van der Waals surface area contributed by atoms with Gasteiger partial charge in [0.15, 0.2) is 9.84 Å². The molecular formula is C25H30BNO6S. The van der Waals surface area contributed by atoms with Gasteiger partial charge >= 0.3 is 7.12 Å². The molecule has 180 valence electrons. The van der Waals surface area contributed by atoms with Gasteiger partial charge in [-0.15, -0.1) is 0 Å². The van der Waals surface area contributed by atoms with Crippen molar-refractivity contribution >= 4 is 28.6 Å². The van der Waals surface area contributed by atoms with Crippen molar-refractivity contribution in [3.8, 4) is 5.75 Å². The number of ether oxygens (including phenoxy) is 1. The van der Waals surface area contributed by atoms with Crippen molar-refractivity contribution in [3.05, 3.63) is 70.1 Å². The lowest BCUT2D eigenvalue weighted by Crippen LogP contribution is -2.42. The molecule has 7 nitrogen and oxygen atoms in total. The first kappa shape index (κ1) is 24.7. The van der Waals surface area contributed by atoms with E-state index >= 15 is 0 Å². The molecule has 0 spiro atoms. The van der Waals surface area contributed by atoms with E-state index in [1.807, 2.05) is 50.3 Å². The molecule has 0 radical (unpaired) electrons. The predicted molar refractivity (Wildman–Crippen MR) is 133 cm³/mol. The highest BCUT2D eigenvalue weighted by atomic mass is 32.2. The molecule has 2 N–H and O–H groups in total. The predicted octanol–water partition coefficient (Wildman–Crippen LogP) is 3.34. The van der Waals surface area contributed by atoms with E-state index in [4.69, 9.17) is 9.39 Å². The Labute approximate surface area is 201 Å². The zero-order valence-corrected chi connectivity index (χ0v) is 20.5. The minimum atomic E-state index is -3.38. The number of methoxy groups -OCH3 is 1. The van der Waals surface area contributed by atoms with E-state index in [0.29, 0.717) is 12.8 Å². The molecule has 0 bridgehead atoms. The van der Waals surface area contributed by atoms with Gasteiger partial charge < -0.3 is 19.5 Å². The number of allylic oxidation sites excluding steroid dienone is 1. The fourth-order valence-corrected chi connectivity index (χ4v) is 7.07. The van der Waals surface area contributed by atoms with Crippen LogP contribution in [0.25, 0.3) is 11.6 Å². The number of sulfone groups is 1. The van der Waals surface area contributed by atoms with Crippen molar-refractivity contribution in [2.45, 2.75) is 44.4 Å². The van der Waals surface area contributed by atoms with Gasteiger partial charge in [0.25, 0.3) is 0 Å². The molecule has 2 aliphatic rings. The summed E-state index contributed by atoms with van der Waals surface area (Å²) in [6.07, 6.45) is 4.35. The first-order valence-corrected chi connectivity index (χ1v) is 13.1. The van der Waals surface area contributed by atoms with Gasteiger partial charge in [-0.05, 0) is 90.4 Å². The molecule has 4 rings (SSSR count). The third-order valence-electron chi connectivity index (χ3n) is 6.49. The molecule has 0 amide bonds. The molecule has 34 heavy (non-hydrogen) atoms. The number of aryl methyl sites for hydroxylation is 2. The van der Waals surface area contributed by atoms with Gasteiger partial charge in [-0.1, -0.05) is 6.07 Å². The average molecular weight is 483 g/mol. The van der Waals surface area contributed by atoms with Crippen LogP contribution in [0.5, 0.6) is 5.75 Å². The lowest BCUT2D eigenvalue weighted by Gasteiger charge is -2.32. The number of fused-ring (bicyclic) bond motifs is 1. The van der Waals surface area contributed by atoms with Gasteiger partial charge in [0.05, 0.1) is 29.4 Å². The number of pyridine rings is 1. The van der Waals surface area contributed by atoms with Gasteiger partial charge in [0.1, 0.15) is 5.75 Å². The minimum absolute atomic E-state index is 0.0520. The van der Waals surface area contributed by atoms with Crippen LogP contribution in [0, 0.1) is 13.8 Å². The van der Waals surface area contributed by atoms with Crippen molar-refractivity contribution in [2.75, 3.05) is 19.5 Å². The summed E-state index contributed by atoms with van der Waals surface area (Å²) in [6.45, 7) is 3.96. The highest BCUT2D eigenvalue weighted by Crippen LogP contribution is 2.40. The zero-order valence-electron chi connectivity index (χ0n) is 19.7. The van der Waals surface area contributed by atoms with Crippen molar-refractivity contribution in [1.29, 1.82) is 0 Å². The summed E-state index contributed by atoms with van der Waals surface area (Å²) < 4.78 is 36.6. The Morgan fingerprint density at radius 1 is 1.29 bits per heavy atom. The first-order chi connectivity index (χ1) is 16.2. The van der Waals surface area contributed by atoms with Crippen LogP contribution >= 0.6 is 0 Å². The van der Waals surface area contributed by atoms with Crippen LogP contribution in [0.3, 0.4) is 0 Å². The topological polar surface area (TPSA) is 106 Å². The van der Waals surface area contributed by atoms with E-state index in [0.717, 1.165) is 39.1 Å². The summed E-state index contributed by atoms with van der Waals surface area (Å²) in [5.41, 5.74) is 5.77. The maximum absolute atomic E-state index is 12.8. The summed E-state index contributed by atoms with van der Waals surface area (Å²) in [4.78, 5) is 4.51. The Balaban J connectivity index is 1.67. The molecule has 2 aliphatic heterocycles. The van der Waals surface area contributed by atoms with Gasteiger partial charge in [-0.3, -0.25) is 4.98 Å². The molecule has 1 aromatic carbocycles. The van der Waals surface area contributed by atoms with Crippen LogP contribution in [-0.2, 0) is 19.2 Å². The SMILES string of the molecule is COCC1=C2[C@@H](CC/C(=C/c3cc(C)c(O)c(C)c3)c3ccccn3)OB(O)C[C@@H]2S(=O)(=O)C1. The molecule has 1 saturated heterocycles. The number of aromatic nitrogens is 1. The number of nitrogens with zero attached hydrogens (tertiary/aromatic N) is 1. The number of hydrogen-bond acceptors (Lipinski definition) is 7. The monoisotopic (exact) mass is 483 g/mol. The van der Waals surface area contributed by atoms with Crippen molar-refractivity contribution in [1.82, 2.24) is 4.98 Å². The molecule has 1 aromatic heterocycles. The Kier molecular flexibility index (Phi) is 7.28. The molecule has 0 saturated carbocycles. The average Bonchev–Trinajstić information content (AvgIpc) is 3.05. The highest BCUT2D eigenvalue weighted by Gasteiger charge is 2.48. The maximum Gasteiger partial charge on any atom is 0.456 e. The van der Waals surface area contributed by atoms with Crippen LogP contribution in [-0.4, -0.2) is 61.5 Å². The van der Waals surface area contributed by atoms with Gasteiger partial charge in [0, 0.05) is 19.6 Å². The Morgan fingerprint density at radius 3 is 2.68 bits per heavy atom. The minimum Gasteiger partial charge on any atom is -0.507 e. The first-order valence-electron chi connectivity index (χ1n) is 11.4. The number of phenols is 1. The largest absolute Gasteiger partial charge is 0.507 e. The summed E-state index contributed by atoms with van der Waals surface area (Å²) >= 11 is 0. The van der Waals surface area contributed by atoms with Crippen LogP contribution in [0.15, 0.2) is 47.7 Å². The summed E-state index contributed by atoms with van der Waals surface area (Å²) in [6, 6.07) is 9.55. The van der Waals surface area contributed by atoms with E-state index in [1.165, 1.54) is 0 Å². The second kappa shape index (κ2) is 10.0. The van der Waals surface area contributed by atoms with E-state index in [1.54, 1.807) is 13.3 Å². The lowest BCUT2D eigenvalue weighted by atomic mass is 9.74. The van der Waals surface area contributed by atoms with E-state index < -0.39 is 28.3 Å². The smallest absolute Gasteiger partial charge is 0.456 e. The fraction of sp³-hybridized carbons (Fsp3) is 0.400. The van der Waals surface area contributed by atoms with E-state index in [9.17, 15) is 18.5 Å². The molecule has 0 aliphatic carbocycles. The van der Waals surface area contributed by atoms with Crippen molar-refractivity contribution in [2.24, 2.45) is 0 Å².